The zero-order chi connectivity index (χ0) is 16.1. The molecule has 0 unspecified atom stereocenters. The lowest BCUT2D eigenvalue weighted by Gasteiger charge is -2.09. The molecular formula is C16H12Cl2O4. The van der Waals surface area contributed by atoms with Gasteiger partial charge in [-0.05, 0) is 17.7 Å². The lowest BCUT2D eigenvalue weighted by molar-refractivity contribution is 0.0471. The van der Waals surface area contributed by atoms with Crippen LogP contribution in [0.15, 0.2) is 42.5 Å². The van der Waals surface area contributed by atoms with Gasteiger partial charge in [0, 0.05) is 0 Å². The molecule has 0 atom stereocenters. The molecule has 0 bridgehead atoms. The van der Waals surface area contributed by atoms with E-state index in [0.29, 0.717) is 0 Å². The van der Waals surface area contributed by atoms with Gasteiger partial charge in [-0.25, -0.2) is 9.59 Å². The Morgan fingerprint density at radius 1 is 1.00 bits per heavy atom. The Kier molecular flexibility index (Phi) is 5.41. The molecule has 0 N–H and O–H groups in total. The molecule has 0 aliphatic rings. The van der Waals surface area contributed by atoms with E-state index in [-0.39, 0.29) is 27.8 Å². The normalized spacial score (nSPS) is 10.1. The van der Waals surface area contributed by atoms with Crippen LogP contribution in [0.5, 0.6) is 0 Å². The number of esters is 2. The van der Waals surface area contributed by atoms with Gasteiger partial charge in [-0.2, -0.15) is 0 Å². The first-order chi connectivity index (χ1) is 10.5. The number of benzene rings is 2. The van der Waals surface area contributed by atoms with Crippen LogP contribution in [-0.4, -0.2) is 19.0 Å². The third kappa shape index (κ3) is 3.78. The molecule has 0 aliphatic heterocycles. The van der Waals surface area contributed by atoms with Crippen molar-refractivity contribution >= 4 is 35.1 Å². The Morgan fingerprint density at radius 3 is 2.14 bits per heavy atom. The summed E-state index contributed by atoms with van der Waals surface area (Å²) >= 11 is 12.0. The number of carbonyl (C=O) groups is 2. The summed E-state index contributed by atoms with van der Waals surface area (Å²) in [5.41, 5.74) is 1.04. The van der Waals surface area contributed by atoms with Crippen molar-refractivity contribution in [2.45, 2.75) is 6.61 Å². The summed E-state index contributed by atoms with van der Waals surface area (Å²) in [4.78, 5) is 23.6. The van der Waals surface area contributed by atoms with E-state index in [2.05, 4.69) is 4.74 Å². The summed E-state index contributed by atoms with van der Waals surface area (Å²) in [5, 5.41) is 0.0667. The van der Waals surface area contributed by atoms with Crippen LogP contribution in [0, 0.1) is 0 Å². The van der Waals surface area contributed by atoms with E-state index >= 15 is 0 Å². The van der Waals surface area contributed by atoms with Crippen LogP contribution in [-0.2, 0) is 16.1 Å². The highest BCUT2D eigenvalue weighted by atomic mass is 35.5. The van der Waals surface area contributed by atoms with E-state index in [4.69, 9.17) is 27.9 Å². The molecule has 22 heavy (non-hydrogen) atoms. The van der Waals surface area contributed by atoms with Gasteiger partial charge >= 0.3 is 11.9 Å². The minimum atomic E-state index is -0.667. The van der Waals surface area contributed by atoms with Crippen molar-refractivity contribution < 1.29 is 19.1 Å². The number of rotatable bonds is 4. The number of carbonyl (C=O) groups excluding carboxylic acids is 2. The predicted molar refractivity (Wildman–Crippen MR) is 83.4 cm³/mol. The summed E-state index contributed by atoms with van der Waals surface area (Å²) in [5.74, 6) is -1.25. The van der Waals surface area contributed by atoms with Crippen molar-refractivity contribution in [2.24, 2.45) is 0 Å². The third-order valence-electron chi connectivity index (χ3n) is 2.88. The van der Waals surface area contributed by atoms with Crippen molar-refractivity contribution in [3.05, 3.63) is 69.2 Å². The molecular weight excluding hydrogens is 327 g/mol. The quantitative estimate of drug-likeness (QED) is 0.786. The number of methoxy groups -OCH3 is 1. The zero-order valence-corrected chi connectivity index (χ0v) is 13.1. The molecule has 0 aromatic heterocycles. The van der Waals surface area contributed by atoms with Crippen molar-refractivity contribution in [3.63, 3.8) is 0 Å². The second-order valence-corrected chi connectivity index (χ2v) is 5.18. The maximum atomic E-state index is 12.0. The highest BCUT2D eigenvalue weighted by molar-refractivity contribution is 6.39. The van der Waals surface area contributed by atoms with Gasteiger partial charge in [0.05, 0.1) is 28.3 Å². The summed E-state index contributed by atoms with van der Waals surface area (Å²) in [6.07, 6.45) is 0. The topological polar surface area (TPSA) is 52.6 Å². The summed E-state index contributed by atoms with van der Waals surface area (Å²) < 4.78 is 9.76. The fraction of sp³-hybridized carbons (Fsp3) is 0.125. The molecule has 0 saturated heterocycles. The first kappa shape index (κ1) is 16.3. The van der Waals surface area contributed by atoms with Gasteiger partial charge in [-0.3, -0.25) is 0 Å². The zero-order valence-electron chi connectivity index (χ0n) is 11.6. The van der Waals surface area contributed by atoms with Crippen LogP contribution >= 0.6 is 23.2 Å². The second kappa shape index (κ2) is 7.29. The highest BCUT2D eigenvalue weighted by Gasteiger charge is 2.19. The molecule has 4 nitrogen and oxygen atoms in total. The molecule has 0 fully saturated rings. The smallest absolute Gasteiger partial charge is 0.340 e. The lowest BCUT2D eigenvalue weighted by Crippen LogP contribution is -2.08. The van der Waals surface area contributed by atoms with E-state index in [9.17, 15) is 9.59 Å². The van der Waals surface area contributed by atoms with Gasteiger partial charge in [0.1, 0.15) is 6.61 Å². The minimum Gasteiger partial charge on any atom is -0.465 e. The Bertz CT molecular complexity index is 676. The Labute approximate surface area is 137 Å². The molecule has 2 aromatic rings. The average molecular weight is 339 g/mol. The standard InChI is InChI=1S/C16H12Cl2O4/c1-21-16(20)14-12(17)7-11(8-13(14)18)15(19)22-9-10-5-3-2-4-6-10/h2-8H,9H2,1H3. The van der Waals surface area contributed by atoms with Gasteiger partial charge in [0.15, 0.2) is 0 Å². The number of ether oxygens (including phenoxy) is 2. The van der Waals surface area contributed by atoms with Crippen LogP contribution in [0.4, 0.5) is 0 Å². The van der Waals surface area contributed by atoms with Crippen LogP contribution in [0.1, 0.15) is 26.3 Å². The van der Waals surface area contributed by atoms with Crippen molar-refractivity contribution in [2.75, 3.05) is 7.11 Å². The molecule has 6 heteroatoms. The summed E-state index contributed by atoms with van der Waals surface area (Å²) in [6, 6.07) is 11.9. The fourth-order valence-corrected chi connectivity index (χ4v) is 2.44. The van der Waals surface area contributed by atoms with Crippen molar-refractivity contribution in [1.82, 2.24) is 0 Å². The number of hydrogen-bond donors (Lipinski definition) is 0. The molecule has 0 radical (unpaired) electrons. The fourth-order valence-electron chi connectivity index (χ4n) is 1.79. The first-order valence-corrected chi connectivity index (χ1v) is 7.07. The van der Waals surface area contributed by atoms with Crippen LogP contribution < -0.4 is 0 Å². The van der Waals surface area contributed by atoms with E-state index in [1.807, 2.05) is 30.3 Å². The van der Waals surface area contributed by atoms with Gasteiger partial charge in [0.2, 0.25) is 0 Å². The number of hydrogen-bond acceptors (Lipinski definition) is 4. The third-order valence-corrected chi connectivity index (χ3v) is 3.48. The summed E-state index contributed by atoms with van der Waals surface area (Å²) in [6.45, 7) is 0.133. The molecule has 2 rings (SSSR count). The maximum absolute atomic E-state index is 12.0. The Hall–Kier alpha value is -2.04. The summed E-state index contributed by atoms with van der Waals surface area (Å²) in [7, 11) is 1.22. The van der Waals surface area contributed by atoms with E-state index in [1.54, 1.807) is 0 Å². The van der Waals surface area contributed by atoms with Crippen LogP contribution in [0.25, 0.3) is 0 Å². The van der Waals surface area contributed by atoms with E-state index in [1.165, 1.54) is 19.2 Å². The Balaban J connectivity index is 2.15. The first-order valence-electron chi connectivity index (χ1n) is 6.31. The van der Waals surface area contributed by atoms with Crippen LogP contribution in [0.3, 0.4) is 0 Å². The minimum absolute atomic E-state index is 0.0189. The maximum Gasteiger partial charge on any atom is 0.340 e. The Morgan fingerprint density at radius 2 is 1.59 bits per heavy atom. The monoisotopic (exact) mass is 338 g/mol. The largest absolute Gasteiger partial charge is 0.465 e. The molecule has 0 amide bonds. The molecule has 0 spiro atoms. The highest BCUT2D eigenvalue weighted by Crippen LogP contribution is 2.27. The van der Waals surface area contributed by atoms with Crippen molar-refractivity contribution in [3.8, 4) is 0 Å². The molecule has 2 aromatic carbocycles. The van der Waals surface area contributed by atoms with Crippen molar-refractivity contribution in [1.29, 1.82) is 0 Å². The SMILES string of the molecule is COC(=O)c1c(Cl)cc(C(=O)OCc2ccccc2)cc1Cl. The molecule has 114 valence electrons. The van der Waals surface area contributed by atoms with Gasteiger partial charge < -0.3 is 9.47 Å². The number of halogens is 2. The molecule has 0 aliphatic carbocycles. The average Bonchev–Trinajstić information content (AvgIpc) is 2.52. The van der Waals surface area contributed by atoms with E-state index in [0.717, 1.165) is 5.56 Å². The van der Waals surface area contributed by atoms with Gasteiger partial charge in [-0.1, -0.05) is 53.5 Å². The molecule has 0 saturated carbocycles. The second-order valence-electron chi connectivity index (χ2n) is 4.37. The van der Waals surface area contributed by atoms with Crippen LogP contribution in [0.2, 0.25) is 10.0 Å². The lowest BCUT2D eigenvalue weighted by atomic mass is 10.1. The van der Waals surface area contributed by atoms with Gasteiger partial charge in [-0.15, -0.1) is 0 Å². The van der Waals surface area contributed by atoms with Gasteiger partial charge in [0.25, 0.3) is 0 Å². The molecule has 0 heterocycles. The van der Waals surface area contributed by atoms with E-state index < -0.39 is 11.9 Å². The predicted octanol–water partition coefficient (Wildman–Crippen LogP) is 4.14.